The number of nitrogens with one attached hydrogen (secondary N) is 1. The molecule has 1 N–H and O–H groups in total. The van der Waals surface area contributed by atoms with Gasteiger partial charge in [0.25, 0.3) is 5.91 Å². The highest BCUT2D eigenvalue weighted by molar-refractivity contribution is 6.06. The number of amides is 3. The molecule has 0 aromatic carbocycles. The Morgan fingerprint density at radius 1 is 1.19 bits per heavy atom. The molecule has 0 atom stereocenters. The van der Waals surface area contributed by atoms with Crippen molar-refractivity contribution in [3.05, 3.63) is 17.3 Å². The first kappa shape index (κ1) is 14.1. The van der Waals surface area contributed by atoms with Gasteiger partial charge >= 0.3 is 6.03 Å². The zero-order valence-corrected chi connectivity index (χ0v) is 12.6. The van der Waals surface area contributed by atoms with E-state index in [2.05, 4.69) is 10.3 Å². The highest BCUT2D eigenvalue weighted by atomic mass is 16.4. The van der Waals surface area contributed by atoms with Gasteiger partial charge in [-0.1, -0.05) is 25.7 Å². The van der Waals surface area contributed by atoms with Crippen LogP contribution < -0.4 is 5.32 Å². The van der Waals surface area contributed by atoms with Gasteiger partial charge in [0.2, 0.25) is 5.89 Å². The largest absolute Gasteiger partial charge is 0.444 e. The monoisotopic (exact) mass is 291 g/mol. The molecular formula is C15H21N3O3. The topological polar surface area (TPSA) is 75.4 Å². The molecule has 1 aromatic rings. The van der Waals surface area contributed by atoms with Crippen LogP contribution in [0.3, 0.4) is 0 Å². The van der Waals surface area contributed by atoms with Gasteiger partial charge in [0, 0.05) is 0 Å². The molecule has 0 radical (unpaired) electrons. The number of aromatic nitrogens is 1. The fraction of sp³-hybridized carbons (Fsp3) is 0.667. The Balaban J connectivity index is 1.80. The predicted molar refractivity (Wildman–Crippen MR) is 75.5 cm³/mol. The molecule has 1 aliphatic heterocycles. The van der Waals surface area contributed by atoms with Crippen molar-refractivity contribution in [3.8, 4) is 0 Å². The van der Waals surface area contributed by atoms with Crippen molar-refractivity contribution >= 4 is 11.9 Å². The van der Waals surface area contributed by atoms with Gasteiger partial charge in [-0.15, -0.1) is 0 Å². The lowest BCUT2D eigenvalue weighted by Crippen LogP contribution is -2.46. The highest BCUT2D eigenvalue weighted by Crippen LogP contribution is 2.33. The summed E-state index contributed by atoms with van der Waals surface area (Å²) in [5.74, 6) is 1.02. The van der Waals surface area contributed by atoms with Crippen molar-refractivity contribution in [3.63, 3.8) is 0 Å². The molecule has 1 spiro atoms. The summed E-state index contributed by atoms with van der Waals surface area (Å²) >= 11 is 0. The molecule has 2 aliphatic rings. The molecule has 1 aliphatic carbocycles. The van der Waals surface area contributed by atoms with Crippen LogP contribution in [-0.4, -0.2) is 27.4 Å². The van der Waals surface area contributed by atoms with Gasteiger partial charge < -0.3 is 9.73 Å². The van der Waals surface area contributed by atoms with E-state index in [9.17, 15) is 9.59 Å². The average Bonchev–Trinajstić information content (AvgIpc) is 2.76. The minimum Gasteiger partial charge on any atom is -0.444 e. The summed E-state index contributed by atoms with van der Waals surface area (Å²) in [7, 11) is 0. The van der Waals surface area contributed by atoms with Gasteiger partial charge in [-0.2, -0.15) is 0 Å². The smallest absolute Gasteiger partial charge is 0.325 e. The van der Waals surface area contributed by atoms with Gasteiger partial charge in [0.15, 0.2) is 0 Å². The molecule has 2 heterocycles. The number of aryl methyl sites for hydroxylation is 2. The number of hydrogen-bond donors (Lipinski definition) is 1. The molecule has 2 fully saturated rings. The Morgan fingerprint density at radius 2 is 1.86 bits per heavy atom. The van der Waals surface area contributed by atoms with Crippen molar-refractivity contribution < 1.29 is 14.0 Å². The van der Waals surface area contributed by atoms with Crippen molar-refractivity contribution in [2.75, 3.05) is 0 Å². The Hall–Kier alpha value is -1.85. The van der Waals surface area contributed by atoms with Crippen LogP contribution in [0.1, 0.15) is 55.9 Å². The molecule has 6 nitrogen and oxygen atoms in total. The Morgan fingerprint density at radius 3 is 2.43 bits per heavy atom. The quantitative estimate of drug-likeness (QED) is 0.849. The van der Waals surface area contributed by atoms with E-state index < -0.39 is 5.54 Å². The molecule has 0 unspecified atom stereocenters. The molecule has 3 amide bonds. The maximum atomic E-state index is 12.7. The Kier molecular flexibility index (Phi) is 3.47. The molecular weight excluding hydrogens is 270 g/mol. The van der Waals surface area contributed by atoms with Crippen LogP contribution in [0.2, 0.25) is 0 Å². The van der Waals surface area contributed by atoms with Gasteiger partial charge in [-0.25, -0.2) is 9.78 Å². The van der Waals surface area contributed by atoms with Crippen LogP contribution in [0.25, 0.3) is 0 Å². The van der Waals surface area contributed by atoms with Crippen molar-refractivity contribution in [2.45, 2.75) is 64.5 Å². The van der Waals surface area contributed by atoms with Crippen molar-refractivity contribution in [2.24, 2.45) is 0 Å². The van der Waals surface area contributed by atoms with Gasteiger partial charge in [0.05, 0.1) is 5.69 Å². The number of carbonyl (C=O) groups excluding carboxylic acids is 2. The lowest BCUT2D eigenvalue weighted by molar-refractivity contribution is -0.132. The number of rotatable bonds is 2. The van der Waals surface area contributed by atoms with Crippen molar-refractivity contribution in [1.82, 2.24) is 15.2 Å². The molecule has 6 heteroatoms. The molecule has 21 heavy (non-hydrogen) atoms. The standard InChI is InChI=1S/C15H21N3O3/c1-10-11(2)21-12(16-10)9-18-13(19)15(17-14(18)20)7-5-3-4-6-8-15/h3-9H2,1-2H3,(H,17,20). The Bertz CT molecular complexity index is 551. The summed E-state index contributed by atoms with van der Waals surface area (Å²) in [5, 5.41) is 2.92. The maximum absolute atomic E-state index is 12.7. The van der Waals surface area contributed by atoms with Crippen LogP contribution >= 0.6 is 0 Å². The first-order chi connectivity index (χ1) is 10.0. The zero-order valence-electron chi connectivity index (χ0n) is 12.6. The summed E-state index contributed by atoms with van der Waals surface area (Å²) in [4.78, 5) is 30.4. The van der Waals surface area contributed by atoms with E-state index in [0.717, 1.165) is 50.0 Å². The second-order valence-corrected chi connectivity index (χ2v) is 6.07. The normalized spacial score (nSPS) is 21.7. The van der Waals surface area contributed by atoms with E-state index in [1.807, 2.05) is 13.8 Å². The maximum Gasteiger partial charge on any atom is 0.325 e. The van der Waals surface area contributed by atoms with Gasteiger partial charge in [0.1, 0.15) is 17.8 Å². The fourth-order valence-electron chi connectivity index (χ4n) is 3.23. The first-order valence-corrected chi connectivity index (χ1v) is 7.59. The fourth-order valence-corrected chi connectivity index (χ4v) is 3.23. The molecule has 114 valence electrons. The summed E-state index contributed by atoms with van der Waals surface area (Å²) in [5.41, 5.74) is 0.103. The highest BCUT2D eigenvalue weighted by Gasteiger charge is 2.50. The molecule has 3 rings (SSSR count). The van der Waals surface area contributed by atoms with Crippen LogP contribution in [-0.2, 0) is 11.3 Å². The van der Waals surface area contributed by atoms with E-state index in [0.29, 0.717) is 5.89 Å². The lowest BCUT2D eigenvalue weighted by Gasteiger charge is -2.24. The van der Waals surface area contributed by atoms with Gasteiger partial charge in [-0.05, 0) is 26.7 Å². The van der Waals surface area contributed by atoms with Crippen LogP contribution in [0.15, 0.2) is 4.42 Å². The van der Waals surface area contributed by atoms with Crippen molar-refractivity contribution in [1.29, 1.82) is 0 Å². The summed E-state index contributed by atoms with van der Waals surface area (Å²) in [6.07, 6.45) is 5.69. The average molecular weight is 291 g/mol. The molecule has 1 saturated heterocycles. The van der Waals surface area contributed by atoms with E-state index >= 15 is 0 Å². The zero-order chi connectivity index (χ0) is 15.0. The van der Waals surface area contributed by atoms with Crippen LogP contribution in [0, 0.1) is 13.8 Å². The number of imide groups is 1. The van der Waals surface area contributed by atoms with Crippen LogP contribution in [0.4, 0.5) is 4.79 Å². The summed E-state index contributed by atoms with van der Waals surface area (Å²) < 4.78 is 5.49. The third kappa shape index (κ3) is 2.43. The first-order valence-electron chi connectivity index (χ1n) is 7.59. The summed E-state index contributed by atoms with van der Waals surface area (Å²) in [6.45, 7) is 3.78. The number of nitrogens with zero attached hydrogens (tertiary/aromatic N) is 2. The lowest BCUT2D eigenvalue weighted by atomic mass is 9.90. The van der Waals surface area contributed by atoms with E-state index in [4.69, 9.17) is 4.42 Å². The molecule has 1 aromatic heterocycles. The molecule has 1 saturated carbocycles. The summed E-state index contributed by atoms with van der Waals surface area (Å²) in [6, 6.07) is -0.324. The van der Waals surface area contributed by atoms with Gasteiger partial charge in [-0.3, -0.25) is 9.69 Å². The van der Waals surface area contributed by atoms with E-state index in [-0.39, 0.29) is 18.5 Å². The minimum absolute atomic E-state index is 0.112. The SMILES string of the molecule is Cc1nc(CN2C(=O)NC3(CCCCCC3)C2=O)oc1C. The minimum atomic E-state index is -0.690. The Labute approximate surface area is 123 Å². The van der Waals surface area contributed by atoms with E-state index in [1.165, 1.54) is 4.90 Å². The molecule has 0 bridgehead atoms. The second kappa shape index (κ2) is 5.16. The third-order valence-electron chi connectivity index (χ3n) is 4.57. The number of hydrogen-bond acceptors (Lipinski definition) is 4. The predicted octanol–water partition coefficient (Wildman–Crippen LogP) is 2.44. The number of oxazole rings is 1. The van der Waals surface area contributed by atoms with Crippen LogP contribution in [0.5, 0.6) is 0 Å². The number of carbonyl (C=O) groups is 2. The number of urea groups is 1. The second-order valence-electron chi connectivity index (χ2n) is 6.07. The third-order valence-corrected chi connectivity index (χ3v) is 4.57. The van der Waals surface area contributed by atoms with E-state index in [1.54, 1.807) is 0 Å².